The quantitative estimate of drug-likeness (QED) is 0.371. The van der Waals surface area contributed by atoms with Gasteiger partial charge in [0.25, 0.3) is 0 Å². The summed E-state index contributed by atoms with van der Waals surface area (Å²) in [6.07, 6.45) is -1.24. The maximum atomic E-state index is 14.6. The molecule has 0 aliphatic carbocycles. The summed E-state index contributed by atoms with van der Waals surface area (Å²) >= 11 is 0. The molecule has 0 unspecified atom stereocenters. The summed E-state index contributed by atoms with van der Waals surface area (Å²) in [6.45, 7) is 0.0784. The van der Waals surface area contributed by atoms with E-state index in [9.17, 15) is 26.7 Å². The Balaban J connectivity index is 1.53. The number of aryl methyl sites for hydroxylation is 1. The third-order valence-electron chi connectivity index (χ3n) is 4.51. The van der Waals surface area contributed by atoms with E-state index >= 15 is 0 Å². The number of aromatic nitrogens is 4. The second-order valence-electron chi connectivity index (χ2n) is 6.89. The van der Waals surface area contributed by atoms with E-state index < -0.39 is 46.3 Å². The van der Waals surface area contributed by atoms with E-state index in [4.69, 9.17) is 4.74 Å². The molecule has 172 valence electrons. The van der Waals surface area contributed by atoms with E-state index in [0.29, 0.717) is 11.9 Å². The van der Waals surface area contributed by atoms with Gasteiger partial charge in [0.2, 0.25) is 0 Å². The Labute approximate surface area is 182 Å². The predicted molar refractivity (Wildman–Crippen MR) is 107 cm³/mol. The summed E-state index contributed by atoms with van der Waals surface area (Å²) in [6, 6.07) is 3.54. The van der Waals surface area contributed by atoms with Crippen molar-refractivity contribution < 1.29 is 31.5 Å². The molecule has 0 fully saturated rings. The van der Waals surface area contributed by atoms with Crippen LogP contribution in [0.2, 0.25) is 0 Å². The molecule has 3 heterocycles. The Kier molecular flexibility index (Phi) is 5.62. The van der Waals surface area contributed by atoms with Crippen molar-refractivity contribution in [2.24, 2.45) is 7.05 Å². The molecule has 33 heavy (non-hydrogen) atoms. The number of rotatable bonds is 5. The monoisotopic (exact) mass is 466 g/mol. The van der Waals surface area contributed by atoms with Crippen molar-refractivity contribution in [2.75, 3.05) is 5.32 Å². The Morgan fingerprint density at radius 1 is 1.21 bits per heavy atom. The second kappa shape index (κ2) is 8.41. The summed E-state index contributed by atoms with van der Waals surface area (Å²) < 4.78 is 75.7. The van der Waals surface area contributed by atoms with E-state index in [-0.39, 0.29) is 17.9 Å². The number of aromatic amines is 1. The minimum Gasteiger partial charge on any atom is -0.450 e. The van der Waals surface area contributed by atoms with Gasteiger partial charge in [0.15, 0.2) is 17.4 Å². The summed E-state index contributed by atoms with van der Waals surface area (Å²) in [5, 5.41) is 8.33. The summed E-state index contributed by atoms with van der Waals surface area (Å²) in [7, 11) is 1.70. The number of hydrogen-bond donors (Lipinski definition) is 3. The number of benzene rings is 1. The summed E-state index contributed by atoms with van der Waals surface area (Å²) in [4.78, 5) is 18.1. The minimum atomic E-state index is -4.74. The minimum absolute atomic E-state index is 0.0784. The lowest BCUT2D eigenvalue weighted by molar-refractivity contribution is -0.136. The number of carbonyl (C=O) groups excluding carboxylic acids is 1. The van der Waals surface area contributed by atoms with Gasteiger partial charge >= 0.3 is 12.2 Å². The van der Waals surface area contributed by atoms with Crippen molar-refractivity contribution in [2.45, 2.75) is 12.7 Å². The first-order valence-corrected chi connectivity index (χ1v) is 9.35. The molecular weight excluding hydrogens is 451 g/mol. The van der Waals surface area contributed by atoms with E-state index in [0.717, 1.165) is 24.4 Å². The number of fused-ring (bicyclic) bond motifs is 1. The molecule has 0 bridgehead atoms. The second-order valence-corrected chi connectivity index (χ2v) is 6.89. The fraction of sp³-hybridized carbons (Fsp3) is 0.150. The first-order valence-electron chi connectivity index (χ1n) is 9.35. The van der Waals surface area contributed by atoms with Gasteiger partial charge in [0, 0.05) is 43.5 Å². The molecule has 0 saturated heterocycles. The third-order valence-corrected chi connectivity index (χ3v) is 4.51. The van der Waals surface area contributed by atoms with Crippen LogP contribution >= 0.6 is 0 Å². The maximum Gasteiger partial charge on any atom is 0.418 e. The molecule has 0 aliphatic rings. The van der Waals surface area contributed by atoms with Gasteiger partial charge in [-0.15, -0.1) is 0 Å². The van der Waals surface area contributed by atoms with Gasteiger partial charge in [-0.3, -0.25) is 4.68 Å². The van der Waals surface area contributed by atoms with Crippen LogP contribution in [0.3, 0.4) is 0 Å². The van der Waals surface area contributed by atoms with Crippen molar-refractivity contribution in [1.82, 2.24) is 25.1 Å². The highest BCUT2D eigenvalue weighted by Crippen LogP contribution is 2.40. The number of halogens is 5. The molecule has 3 aromatic heterocycles. The number of nitrogens with one attached hydrogen (secondary N) is 3. The largest absolute Gasteiger partial charge is 0.450 e. The molecule has 13 heteroatoms. The Morgan fingerprint density at radius 2 is 1.94 bits per heavy atom. The fourth-order valence-corrected chi connectivity index (χ4v) is 3.08. The zero-order valence-corrected chi connectivity index (χ0v) is 16.8. The molecule has 4 rings (SSSR count). The van der Waals surface area contributed by atoms with E-state index in [1.165, 1.54) is 0 Å². The van der Waals surface area contributed by atoms with E-state index in [1.807, 2.05) is 0 Å². The van der Waals surface area contributed by atoms with Crippen molar-refractivity contribution in [3.05, 3.63) is 65.7 Å². The van der Waals surface area contributed by atoms with Crippen molar-refractivity contribution in [3.63, 3.8) is 0 Å². The molecule has 8 nitrogen and oxygen atoms in total. The number of amides is 2. The van der Waals surface area contributed by atoms with Crippen LogP contribution in [0.5, 0.6) is 11.5 Å². The smallest absolute Gasteiger partial charge is 0.418 e. The Hall–Kier alpha value is -4.16. The lowest BCUT2D eigenvalue weighted by atomic mass is 10.2. The lowest BCUT2D eigenvalue weighted by Gasteiger charge is -2.13. The molecule has 0 aliphatic heterocycles. The predicted octanol–water partition coefficient (Wildman–Crippen LogP) is 4.71. The van der Waals surface area contributed by atoms with Crippen LogP contribution in [0.15, 0.2) is 42.9 Å². The van der Waals surface area contributed by atoms with Gasteiger partial charge in [0.1, 0.15) is 11.4 Å². The van der Waals surface area contributed by atoms with Gasteiger partial charge in [0.05, 0.1) is 23.2 Å². The van der Waals surface area contributed by atoms with E-state index in [1.54, 1.807) is 24.0 Å². The zero-order valence-electron chi connectivity index (χ0n) is 16.8. The number of ether oxygens (including phenoxy) is 1. The number of anilines is 1. The number of hydrogen-bond acceptors (Lipinski definition) is 4. The van der Waals surface area contributed by atoms with Gasteiger partial charge in [-0.25, -0.2) is 18.6 Å². The van der Waals surface area contributed by atoms with Crippen molar-refractivity contribution >= 4 is 22.8 Å². The Morgan fingerprint density at radius 3 is 2.58 bits per heavy atom. The van der Waals surface area contributed by atoms with E-state index in [2.05, 4.69) is 25.7 Å². The molecule has 0 spiro atoms. The van der Waals surface area contributed by atoms with Crippen LogP contribution in [0.25, 0.3) is 11.0 Å². The molecule has 3 N–H and O–H groups in total. The molecule has 4 aromatic rings. The molecule has 0 radical (unpaired) electrons. The molecule has 1 aromatic carbocycles. The Bertz CT molecular complexity index is 1310. The average Bonchev–Trinajstić information content (AvgIpc) is 3.35. The number of urea groups is 1. The molecular formula is C20H15F5N6O2. The van der Waals surface area contributed by atoms with Crippen LogP contribution in [-0.4, -0.2) is 25.8 Å². The highest BCUT2D eigenvalue weighted by Gasteiger charge is 2.35. The number of pyridine rings is 1. The van der Waals surface area contributed by atoms with Crippen LogP contribution in [0.4, 0.5) is 32.4 Å². The van der Waals surface area contributed by atoms with Crippen molar-refractivity contribution in [1.29, 1.82) is 0 Å². The van der Waals surface area contributed by atoms with Crippen molar-refractivity contribution in [3.8, 4) is 11.5 Å². The third kappa shape index (κ3) is 4.71. The number of carbonyl (C=O) groups is 1. The normalized spacial score (nSPS) is 11.6. The highest BCUT2D eigenvalue weighted by molar-refractivity contribution is 5.89. The topological polar surface area (TPSA) is 96.9 Å². The zero-order chi connectivity index (χ0) is 23.8. The van der Waals surface area contributed by atoms with Gasteiger partial charge in [-0.1, -0.05) is 0 Å². The molecule has 0 atom stereocenters. The number of alkyl halides is 3. The van der Waals surface area contributed by atoms with Crippen LogP contribution in [0, 0.1) is 11.6 Å². The van der Waals surface area contributed by atoms with Gasteiger partial charge < -0.3 is 20.4 Å². The van der Waals surface area contributed by atoms with Gasteiger partial charge in [-0.05, 0) is 12.1 Å². The maximum absolute atomic E-state index is 14.6. The average molecular weight is 466 g/mol. The lowest BCUT2D eigenvalue weighted by Crippen LogP contribution is -2.28. The fourth-order valence-electron chi connectivity index (χ4n) is 3.08. The standard InChI is InChI=1S/C20H15F5N6O2/c1-31-5-3-10(30-31)8-28-19(32)29-11-6-13(21)17(14(22)7-11)33-15-2-4-26-18-16(15)12(9-27-18)20(23,24)25/h2-7,9H,8H2,1H3,(H,26,27)(H2,28,29,32). The SMILES string of the molecule is Cn1ccc(CNC(=O)Nc2cc(F)c(Oc3ccnc4[nH]cc(C(F)(F)F)c34)c(F)c2)n1. The molecule has 2 amide bonds. The molecule has 0 saturated carbocycles. The first-order chi connectivity index (χ1) is 15.6. The van der Waals surface area contributed by atoms with Crippen LogP contribution in [-0.2, 0) is 19.8 Å². The number of H-pyrrole nitrogens is 1. The van der Waals surface area contributed by atoms with Crippen LogP contribution in [0.1, 0.15) is 11.3 Å². The van der Waals surface area contributed by atoms with Crippen LogP contribution < -0.4 is 15.4 Å². The number of nitrogens with zero attached hydrogens (tertiary/aromatic N) is 3. The first kappa shape index (κ1) is 22.0. The summed E-state index contributed by atoms with van der Waals surface area (Å²) in [5.74, 6) is -3.84. The summed E-state index contributed by atoms with van der Waals surface area (Å²) in [5.41, 5.74) is -0.915. The highest BCUT2D eigenvalue weighted by atomic mass is 19.4. The van der Waals surface area contributed by atoms with Gasteiger partial charge in [-0.2, -0.15) is 18.3 Å².